The summed E-state index contributed by atoms with van der Waals surface area (Å²) in [5.74, 6) is 0. The van der Waals surface area contributed by atoms with Crippen molar-refractivity contribution in [2.75, 3.05) is 11.1 Å². The van der Waals surface area contributed by atoms with Crippen LogP contribution in [-0.2, 0) is 0 Å². The molecule has 32 heavy (non-hydrogen) atoms. The number of hydrogen-bond donors (Lipinski definition) is 2. The molecule has 0 aliphatic rings. The van der Waals surface area contributed by atoms with E-state index in [4.69, 9.17) is 5.73 Å². The van der Waals surface area contributed by atoms with Gasteiger partial charge in [-0.15, -0.1) is 0 Å². The van der Waals surface area contributed by atoms with Crippen LogP contribution in [0, 0.1) is 0 Å². The lowest BCUT2D eigenvalue weighted by Gasteiger charge is -2.10. The second kappa shape index (κ2) is 8.83. The first kappa shape index (κ1) is 19.7. The zero-order valence-electron chi connectivity index (χ0n) is 17.7. The highest BCUT2D eigenvalue weighted by Crippen LogP contribution is 2.30. The molecule has 5 aromatic rings. The number of nitrogens with one attached hydrogen (secondary N) is 1. The molecule has 0 amide bonds. The molecule has 0 bridgehead atoms. The van der Waals surface area contributed by atoms with Crippen molar-refractivity contribution in [2.24, 2.45) is 0 Å². The number of hydrogen-bond acceptors (Lipinski definition) is 2. The Bertz CT molecular complexity index is 1320. The van der Waals surface area contributed by atoms with Crippen LogP contribution in [-0.4, -0.2) is 0 Å². The lowest BCUT2D eigenvalue weighted by Crippen LogP contribution is -1.89. The first-order valence-corrected chi connectivity index (χ1v) is 10.7. The van der Waals surface area contributed by atoms with Gasteiger partial charge in [-0.2, -0.15) is 0 Å². The Kier molecular flexibility index (Phi) is 5.42. The molecule has 5 aromatic carbocycles. The summed E-state index contributed by atoms with van der Waals surface area (Å²) in [6.45, 7) is 0. The van der Waals surface area contributed by atoms with E-state index in [2.05, 4.69) is 102 Å². The topological polar surface area (TPSA) is 38.0 Å². The van der Waals surface area contributed by atoms with Crippen LogP contribution >= 0.6 is 0 Å². The Labute approximate surface area is 189 Å². The number of rotatable bonds is 5. The number of para-hydroxylation sites is 1. The average molecular weight is 413 g/mol. The number of benzene rings is 5. The van der Waals surface area contributed by atoms with Gasteiger partial charge in [0.25, 0.3) is 0 Å². The van der Waals surface area contributed by atoms with Crippen LogP contribution in [0.2, 0.25) is 0 Å². The Morgan fingerprint density at radius 1 is 0.375 bits per heavy atom. The molecule has 0 aliphatic carbocycles. The predicted molar refractivity (Wildman–Crippen MR) is 137 cm³/mol. The molecule has 0 heterocycles. The fourth-order valence-corrected chi connectivity index (χ4v) is 3.87. The van der Waals surface area contributed by atoms with Crippen LogP contribution in [0.5, 0.6) is 0 Å². The van der Waals surface area contributed by atoms with Crippen LogP contribution in [0.4, 0.5) is 17.1 Å². The first-order chi connectivity index (χ1) is 15.7. The molecular formula is C30H24N2. The summed E-state index contributed by atoms with van der Waals surface area (Å²) in [5.41, 5.74) is 15.9. The van der Waals surface area contributed by atoms with Crippen LogP contribution in [0.3, 0.4) is 0 Å². The second-order valence-electron chi connectivity index (χ2n) is 7.85. The Morgan fingerprint density at radius 2 is 0.812 bits per heavy atom. The van der Waals surface area contributed by atoms with Crippen molar-refractivity contribution in [1.82, 2.24) is 0 Å². The van der Waals surface area contributed by atoms with Crippen molar-refractivity contribution in [2.45, 2.75) is 0 Å². The van der Waals surface area contributed by atoms with Crippen LogP contribution in [0.15, 0.2) is 127 Å². The number of nitrogen functional groups attached to an aromatic ring is 1. The third-order valence-electron chi connectivity index (χ3n) is 5.58. The minimum Gasteiger partial charge on any atom is -0.399 e. The summed E-state index contributed by atoms with van der Waals surface area (Å²) in [7, 11) is 0. The van der Waals surface area contributed by atoms with Gasteiger partial charge in [0.15, 0.2) is 0 Å². The SMILES string of the molecule is Nc1ccc(-c2cccc(-c3cccc(-c4ccc(Nc5ccccc5)cc4)c3)c2)cc1. The van der Waals surface area contributed by atoms with E-state index < -0.39 is 0 Å². The Balaban J connectivity index is 1.40. The van der Waals surface area contributed by atoms with Gasteiger partial charge in [0, 0.05) is 17.1 Å². The van der Waals surface area contributed by atoms with Crippen molar-refractivity contribution in [3.05, 3.63) is 127 Å². The monoisotopic (exact) mass is 412 g/mol. The van der Waals surface area contributed by atoms with E-state index >= 15 is 0 Å². The molecule has 0 saturated carbocycles. The zero-order chi connectivity index (χ0) is 21.8. The standard InChI is InChI=1S/C30H24N2/c31-28-16-12-22(13-17-28)24-6-4-8-26(20-24)27-9-5-7-25(21-27)23-14-18-30(19-15-23)32-29-10-2-1-3-11-29/h1-21,32H,31H2. The third kappa shape index (κ3) is 4.40. The molecule has 2 heteroatoms. The Hall–Kier alpha value is -4.30. The first-order valence-electron chi connectivity index (χ1n) is 10.7. The van der Waals surface area contributed by atoms with E-state index in [1.165, 1.54) is 33.4 Å². The molecule has 3 N–H and O–H groups in total. The molecule has 0 saturated heterocycles. The van der Waals surface area contributed by atoms with Crippen LogP contribution in [0.1, 0.15) is 0 Å². The largest absolute Gasteiger partial charge is 0.399 e. The predicted octanol–water partition coefficient (Wildman–Crippen LogP) is 8.01. The van der Waals surface area contributed by atoms with Crippen molar-refractivity contribution in [3.8, 4) is 33.4 Å². The maximum absolute atomic E-state index is 5.84. The van der Waals surface area contributed by atoms with Crippen molar-refractivity contribution in [3.63, 3.8) is 0 Å². The van der Waals surface area contributed by atoms with E-state index in [1.807, 2.05) is 30.3 Å². The molecule has 2 nitrogen and oxygen atoms in total. The van der Waals surface area contributed by atoms with Gasteiger partial charge >= 0.3 is 0 Å². The quantitative estimate of drug-likeness (QED) is 0.287. The highest BCUT2D eigenvalue weighted by Gasteiger charge is 2.05. The highest BCUT2D eigenvalue weighted by molar-refractivity contribution is 5.78. The molecule has 0 fully saturated rings. The lowest BCUT2D eigenvalue weighted by molar-refractivity contribution is 1.54. The van der Waals surface area contributed by atoms with Crippen molar-refractivity contribution < 1.29 is 0 Å². The molecule has 0 spiro atoms. The summed E-state index contributed by atoms with van der Waals surface area (Å²) in [6.07, 6.45) is 0. The van der Waals surface area contributed by atoms with Crippen LogP contribution in [0.25, 0.3) is 33.4 Å². The minimum absolute atomic E-state index is 0.780. The van der Waals surface area contributed by atoms with Gasteiger partial charge in [-0.05, 0) is 81.9 Å². The molecule has 0 radical (unpaired) electrons. The van der Waals surface area contributed by atoms with Gasteiger partial charge in [0.2, 0.25) is 0 Å². The minimum atomic E-state index is 0.780. The molecule has 0 aromatic heterocycles. The fraction of sp³-hybridized carbons (Fsp3) is 0. The van der Waals surface area contributed by atoms with E-state index in [-0.39, 0.29) is 0 Å². The number of anilines is 3. The molecule has 0 atom stereocenters. The van der Waals surface area contributed by atoms with E-state index in [0.29, 0.717) is 0 Å². The summed E-state index contributed by atoms with van der Waals surface area (Å²) in [4.78, 5) is 0. The lowest BCUT2D eigenvalue weighted by atomic mass is 9.96. The molecule has 5 rings (SSSR count). The highest BCUT2D eigenvalue weighted by atomic mass is 14.9. The van der Waals surface area contributed by atoms with Gasteiger partial charge < -0.3 is 11.1 Å². The summed E-state index contributed by atoms with van der Waals surface area (Å²) >= 11 is 0. The Morgan fingerprint density at radius 3 is 1.34 bits per heavy atom. The molecular weight excluding hydrogens is 388 g/mol. The average Bonchev–Trinajstić information content (AvgIpc) is 2.86. The smallest absolute Gasteiger partial charge is 0.0384 e. The number of nitrogens with two attached hydrogens (primary N) is 1. The molecule has 0 aliphatic heterocycles. The van der Waals surface area contributed by atoms with E-state index in [0.717, 1.165) is 17.1 Å². The van der Waals surface area contributed by atoms with Gasteiger partial charge in [-0.1, -0.05) is 78.9 Å². The van der Waals surface area contributed by atoms with Gasteiger partial charge in [0.05, 0.1) is 0 Å². The third-order valence-corrected chi connectivity index (χ3v) is 5.58. The van der Waals surface area contributed by atoms with Crippen molar-refractivity contribution >= 4 is 17.1 Å². The summed E-state index contributed by atoms with van der Waals surface area (Å²) in [6, 6.07) is 44.1. The van der Waals surface area contributed by atoms with Gasteiger partial charge in [0.1, 0.15) is 0 Å². The summed E-state index contributed by atoms with van der Waals surface area (Å²) in [5, 5.41) is 3.44. The van der Waals surface area contributed by atoms with Crippen molar-refractivity contribution in [1.29, 1.82) is 0 Å². The molecule has 0 unspecified atom stereocenters. The fourth-order valence-electron chi connectivity index (χ4n) is 3.87. The second-order valence-corrected chi connectivity index (χ2v) is 7.85. The van der Waals surface area contributed by atoms with E-state index in [1.54, 1.807) is 0 Å². The molecule has 154 valence electrons. The van der Waals surface area contributed by atoms with Crippen LogP contribution < -0.4 is 11.1 Å². The normalized spacial score (nSPS) is 10.6. The van der Waals surface area contributed by atoms with E-state index in [9.17, 15) is 0 Å². The van der Waals surface area contributed by atoms with Gasteiger partial charge in [-0.3, -0.25) is 0 Å². The summed E-state index contributed by atoms with van der Waals surface area (Å²) < 4.78 is 0. The maximum Gasteiger partial charge on any atom is 0.0384 e. The zero-order valence-corrected chi connectivity index (χ0v) is 17.7. The maximum atomic E-state index is 5.84. The van der Waals surface area contributed by atoms with Gasteiger partial charge in [-0.25, -0.2) is 0 Å².